The number of ether oxygens (including phenoxy) is 3. The van der Waals surface area contributed by atoms with Crippen molar-refractivity contribution in [1.82, 2.24) is 5.32 Å². The third-order valence-corrected chi connectivity index (χ3v) is 8.54. The van der Waals surface area contributed by atoms with Gasteiger partial charge in [-0.3, -0.25) is 9.59 Å². The number of carbonyl (C=O) groups is 1. The minimum absolute atomic E-state index is 0.176. The summed E-state index contributed by atoms with van der Waals surface area (Å²) in [6.45, 7) is 0. The Labute approximate surface area is 224 Å². The second-order valence-corrected chi connectivity index (χ2v) is 10.3. The molecule has 3 atom stereocenters. The van der Waals surface area contributed by atoms with E-state index in [1.165, 1.54) is 17.8 Å². The lowest BCUT2D eigenvalue weighted by Crippen LogP contribution is -2.47. The molecule has 0 radical (unpaired) electrons. The highest BCUT2D eigenvalue weighted by atomic mass is 32.2. The van der Waals surface area contributed by atoms with Crippen LogP contribution in [0.25, 0.3) is 5.57 Å². The average Bonchev–Trinajstić information content (AvgIpc) is 3.18. The van der Waals surface area contributed by atoms with Crippen molar-refractivity contribution in [3.8, 4) is 0 Å². The maximum Gasteiger partial charge on any atom is 0.252 e. The lowest BCUT2D eigenvalue weighted by atomic mass is 9.85. The molecule has 1 amide bonds. The van der Waals surface area contributed by atoms with Crippen LogP contribution in [0.4, 0.5) is 0 Å². The van der Waals surface area contributed by atoms with Crippen molar-refractivity contribution in [2.45, 2.75) is 34.8 Å². The van der Waals surface area contributed by atoms with Crippen molar-refractivity contribution < 1.29 is 19.0 Å². The molecule has 2 aromatic rings. The summed E-state index contributed by atoms with van der Waals surface area (Å²) in [4.78, 5) is 36.5. The number of thioether (sulfide) groups is 1. The van der Waals surface area contributed by atoms with Crippen LogP contribution >= 0.6 is 23.7 Å². The zero-order valence-corrected chi connectivity index (χ0v) is 22.6. The van der Waals surface area contributed by atoms with Crippen LogP contribution in [0.3, 0.4) is 0 Å². The molecule has 0 heterocycles. The third-order valence-electron chi connectivity index (χ3n) is 6.72. The van der Waals surface area contributed by atoms with Crippen LogP contribution in [0.5, 0.6) is 0 Å². The number of nitroso groups, excluding NO2 is 1. The number of hydrogen-bond acceptors (Lipinski definition) is 9. The minimum Gasteiger partial charge on any atom is -0.498 e. The number of carbonyl (C=O) groups excluding carboxylic acids is 1. The fourth-order valence-electron chi connectivity index (χ4n) is 5.10. The van der Waals surface area contributed by atoms with E-state index in [2.05, 4.69) is 9.90 Å². The van der Waals surface area contributed by atoms with Gasteiger partial charge in [0.05, 0.1) is 30.7 Å². The maximum atomic E-state index is 13.4. The molecular formula is C27H28N2O6S2. The Morgan fingerprint density at radius 3 is 2.59 bits per heavy atom. The van der Waals surface area contributed by atoms with E-state index in [1.54, 1.807) is 57.7 Å². The Morgan fingerprint density at radius 1 is 1.14 bits per heavy atom. The van der Waals surface area contributed by atoms with Crippen LogP contribution in [0, 0.1) is 4.91 Å². The molecule has 1 N–H and O–H groups in total. The second kappa shape index (κ2) is 11.6. The molecule has 37 heavy (non-hydrogen) atoms. The minimum atomic E-state index is -0.950. The fraction of sp³-hybridized carbons (Fsp3) is 0.333. The summed E-state index contributed by atoms with van der Waals surface area (Å²) < 4.78 is 20.7. The smallest absolute Gasteiger partial charge is 0.252 e. The Morgan fingerprint density at radius 2 is 1.92 bits per heavy atom. The first-order valence-corrected chi connectivity index (χ1v) is 13.6. The first-order valence-electron chi connectivity index (χ1n) is 11.6. The van der Waals surface area contributed by atoms with Gasteiger partial charge in [0.15, 0.2) is 16.5 Å². The summed E-state index contributed by atoms with van der Waals surface area (Å²) in [5.41, 5.74) is 3.52. The molecule has 0 bridgehead atoms. The number of nitrogens with one attached hydrogen (secondary N) is 1. The van der Waals surface area contributed by atoms with Gasteiger partial charge in [-0.15, -0.1) is 16.7 Å². The Balaban J connectivity index is 1.88. The molecule has 0 aliphatic heterocycles. The van der Waals surface area contributed by atoms with Crippen molar-refractivity contribution in [3.63, 3.8) is 0 Å². The molecule has 2 unspecified atom stereocenters. The van der Waals surface area contributed by atoms with E-state index in [9.17, 15) is 14.5 Å². The van der Waals surface area contributed by atoms with E-state index in [0.717, 1.165) is 16.7 Å². The number of methoxy groups -OCH3 is 3. The van der Waals surface area contributed by atoms with Gasteiger partial charge in [-0.2, -0.15) is 0 Å². The highest BCUT2D eigenvalue weighted by Gasteiger charge is 2.50. The van der Waals surface area contributed by atoms with Crippen LogP contribution in [0.15, 0.2) is 80.2 Å². The summed E-state index contributed by atoms with van der Waals surface area (Å²) in [7, 11) is 4.84. The molecule has 0 aromatic heterocycles. The molecule has 8 nitrogen and oxygen atoms in total. The number of allylic oxidation sites excluding steroid dienone is 2. The van der Waals surface area contributed by atoms with Gasteiger partial charge >= 0.3 is 0 Å². The first kappa shape index (κ1) is 27.1. The van der Waals surface area contributed by atoms with Crippen LogP contribution in [-0.2, 0) is 14.2 Å². The van der Waals surface area contributed by atoms with Gasteiger partial charge in [-0.1, -0.05) is 24.3 Å². The van der Waals surface area contributed by atoms with Gasteiger partial charge < -0.3 is 19.5 Å². The molecule has 0 saturated carbocycles. The van der Waals surface area contributed by atoms with Gasteiger partial charge in [0.25, 0.3) is 5.91 Å². The highest BCUT2D eigenvalue weighted by molar-refractivity contribution is 8.00. The molecule has 194 valence electrons. The Kier molecular flexibility index (Phi) is 8.53. The van der Waals surface area contributed by atoms with Crippen LogP contribution in [0.2, 0.25) is 0 Å². The van der Waals surface area contributed by atoms with Gasteiger partial charge in [0, 0.05) is 29.3 Å². The van der Waals surface area contributed by atoms with Gasteiger partial charge in [0.1, 0.15) is 5.76 Å². The molecule has 10 heteroatoms. The van der Waals surface area contributed by atoms with Crippen LogP contribution < -0.4 is 10.7 Å². The molecule has 0 fully saturated rings. The fourth-order valence-corrected chi connectivity index (χ4v) is 6.62. The van der Waals surface area contributed by atoms with Crippen LogP contribution in [0.1, 0.15) is 40.4 Å². The first-order chi connectivity index (χ1) is 17.9. The van der Waals surface area contributed by atoms with Gasteiger partial charge in [0.2, 0.25) is 0 Å². The van der Waals surface area contributed by atoms with E-state index in [1.807, 2.05) is 18.4 Å². The predicted octanol–water partition coefficient (Wildman–Crippen LogP) is 5.10. The largest absolute Gasteiger partial charge is 0.498 e. The third kappa shape index (κ3) is 4.98. The van der Waals surface area contributed by atoms with Crippen molar-refractivity contribution in [1.29, 1.82) is 0 Å². The van der Waals surface area contributed by atoms with E-state index in [-0.39, 0.29) is 11.3 Å². The van der Waals surface area contributed by atoms with Gasteiger partial charge in [-0.05, 0) is 66.1 Å². The summed E-state index contributed by atoms with van der Waals surface area (Å²) in [5, 5.41) is 3.10. The molecule has 2 aliphatic carbocycles. The Bertz CT molecular complexity index is 1320. The maximum absolute atomic E-state index is 13.4. The number of benzene rings is 1. The van der Waals surface area contributed by atoms with E-state index in [0.29, 0.717) is 46.6 Å². The van der Waals surface area contributed by atoms with E-state index in [4.69, 9.17) is 14.2 Å². The summed E-state index contributed by atoms with van der Waals surface area (Å²) in [6, 6.07) is 13.0. The summed E-state index contributed by atoms with van der Waals surface area (Å²) >= 11 is 2.20. The predicted molar refractivity (Wildman–Crippen MR) is 146 cm³/mol. The molecular weight excluding hydrogens is 512 g/mol. The number of fused-ring (bicyclic) bond motifs is 2. The lowest BCUT2D eigenvalue weighted by Gasteiger charge is -2.43. The number of amides is 1. The summed E-state index contributed by atoms with van der Waals surface area (Å²) in [5.74, 6) is 0.283. The summed E-state index contributed by atoms with van der Waals surface area (Å²) in [6.07, 6.45) is 4.50. The second-order valence-electron chi connectivity index (χ2n) is 8.51. The van der Waals surface area contributed by atoms with Crippen molar-refractivity contribution >= 4 is 35.2 Å². The normalized spacial score (nSPS) is 22.8. The van der Waals surface area contributed by atoms with E-state index < -0.39 is 17.1 Å². The number of hydrogen-bond donors (Lipinski definition) is 1. The zero-order chi connectivity index (χ0) is 26.6. The Hall–Kier alpha value is -2.92. The average molecular weight is 541 g/mol. The molecule has 0 spiro atoms. The van der Waals surface area contributed by atoms with Crippen molar-refractivity contribution in [2.75, 3.05) is 27.6 Å². The monoisotopic (exact) mass is 540 g/mol. The molecule has 2 aromatic carbocycles. The molecule has 0 saturated heterocycles. The molecule has 4 rings (SSSR count). The highest BCUT2D eigenvalue weighted by Crippen LogP contribution is 2.52. The number of rotatable bonds is 8. The van der Waals surface area contributed by atoms with Gasteiger partial charge in [-0.25, -0.2) is 0 Å². The SMILES string of the molecule is COC1=CC2=C(c3cccc(=O)cc3[C@@H](NC(=O)c3ccccc3SN=O)CC2)C(OC)(SC)C1OC. The standard InChI is InChI=1S/C27H28N2O6S2/c1-33-22-14-16-12-13-21(28-26(31)19-9-5-6-11-23(19)37-29-32)20-15-17(30)8-7-10-18(20)24(16)27(35-3,36-4)25(22)34-2/h5-11,14-15,21,25H,12-13H2,1-4H3,(H,28,31)/t21-,25?,27?/m0/s1. The van der Waals surface area contributed by atoms with Crippen molar-refractivity contribution in [3.05, 3.63) is 97.8 Å². The lowest BCUT2D eigenvalue weighted by molar-refractivity contribution is -0.0324. The van der Waals surface area contributed by atoms with Crippen LogP contribution in [-0.4, -0.2) is 44.5 Å². The van der Waals surface area contributed by atoms with Crippen molar-refractivity contribution in [2.24, 2.45) is 4.58 Å². The quantitative estimate of drug-likeness (QED) is 0.280. The topological polar surface area (TPSA) is 103 Å². The number of nitrogens with zero attached hydrogens (tertiary/aromatic N) is 1. The van der Waals surface area contributed by atoms with E-state index >= 15 is 0 Å². The zero-order valence-electron chi connectivity index (χ0n) is 21.0. The molecule has 2 aliphatic rings.